The molecule has 0 bridgehead atoms. The number of aryl methyl sites for hydroxylation is 2. The first-order chi connectivity index (χ1) is 14.0. The fourth-order valence-electron chi connectivity index (χ4n) is 3.70. The van der Waals surface area contributed by atoms with Crippen LogP contribution < -0.4 is 16.0 Å². The topological polar surface area (TPSA) is 74.8 Å². The van der Waals surface area contributed by atoms with Gasteiger partial charge in [0.25, 0.3) is 5.91 Å². The van der Waals surface area contributed by atoms with Crippen molar-refractivity contribution in [1.82, 2.24) is 5.32 Å². The third kappa shape index (κ3) is 5.61. The van der Waals surface area contributed by atoms with Crippen LogP contribution in [0.15, 0.2) is 42.5 Å². The number of anilines is 1. The van der Waals surface area contributed by atoms with Gasteiger partial charge in [0.2, 0.25) is 5.91 Å². The van der Waals surface area contributed by atoms with Gasteiger partial charge < -0.3 is 16.0 Å². The fourth-order valence-corrected chi connectivity index (χ4v) is 4.17. The number of carbonyl (C=O) groups is 2. The maximum atomic E-state index is 12.9. The van der Waals surface area contributed by atoms with E-state index in [1.165, 1.54) is 11.1 Å². The molecule has 4 N–H and O–H groups in total. The van der Waals surface area contributed by atoms with Gasteiger partial charge in [0, 0.05) is 17.7 Å². The Morgan fingerprint density at radius 3 is 2.66 bits per heavy atom. The van der Waals surface area contributed by atoms with E-state index in [-0.39, 0.29) is 17.9 Å². The predicted molar refractivity (Wildman–Crippen MR) is 119 cm³/mol. The summed E-state index contributed by atoms with van der Waals surface area (Å²) in [7, 11) is 0. The van der Waals surface area contributed by atoms with Crippen molar-refractivity contribution < 1.29 is 14.9 Å². The molecule has 0 saturated carbocycles. The van der Waals surface area contributed by atoms with Crippen LogP contribution in [-0.4, -0.2) is 35.9 Å². The zero-order valence-electron chi connectivity index (χ0n) is 17.3. The molecular formula is C23H30N3O2S+. The first kappa shape index (κ1) is 21.4. The number of hydrogen-bond acceptors (Lipinski definition) is 3. The van der Waals surface area contributed by atoms with Crippen LogP contribution in [0.5, 0.6) is 0 Å². The molecular weight excluding hydrogens is 382 g/mol. The predicted octanol–water partition coefficient (Wildman–Crippen LogP) is 2.17. The molecule has 5 nitrogen and oxygen atoms in total. The number of fused-ring (bicyclic) bond motifs is 1. The highest BCUT2D eigenvalue weighted by molar-refractivity contribution is 7.98. The van der Waals surface area contributed by atoms with Gasteiger partial charge >= 0.3 is 0 Å². The summed E-state index contributed by atoms with van der Waals surface area (Å²) in [6.45, 7) is 4.80. The summed E-state index contributed by atoms with van der Waals surface area (Å²) in [5.41, 5.74) is 5.46. The average molecular weight is 413 g/mol. The highest BCUT2D eigenvalue weighted by Gasteiger charge is 2.31. The lowest BCUT2D eigenvalue weighted by atomic mass is 9.95. The molecule has 0 aliphatic carbocycles. The normalized spacial score (nSPS) is 16.6. The molecule has 0 unspecified atom stereocenters. The quantitative estimate of drug-likeness (QED) is 0.652. The third-order valence-electron chi connectivity index (χ3n) is 5.40. The van der Waals surface area contributed by atoms with E-state index in [2.05, 4.69) is 28.1 Å². The monoisotopic (exact) mass is 412 g/mol. The first-order valence-corrected chi connectivity index (χ1v) is 11.4. The minimum atomic E-state index is -0.541. The summed E-state index contributed by atoms with van der Waals surface area (Å²) in [4.78, 5) is 25.8. The van der Waals surface area contributed by atoms with Gasteiger partial charge in [-0.3, -0.25) is 9.59 Å². The van der Waals surface area contributed by atoms with Gasteiger partial charge in [-0.05, 0) is 49.5 Å². The minimum Gasteiger partial charge on any atom is -0.339 e. The van der Waals surface area contributed by atoms with Crippen molar-refractivity contribution in [3.8, 4) is 0 Å². The van der Waals surface area contributed by atoms with Crippen LogP contribution in [0.1, 0.15) is 28.7 Å². The summed E-state index contributed by atoms with van der Waals surface area (Å²) in [6, 6.07) is 13.4. The molecule has 0 fully saturated rings. The fraction of sp³-hybridized carbons (Fsp3) is 0.391. The second kappa shape index (κ2) is 9.94. The zero-order valence-corrected chi connectivity index (χ0v) is 18.1. The molecule has 2 aromatic rings. The van der Waals surface area contributed by atoms with Gasteiger partial charge in [0.15, 0.2) is 6.04 Å². The molecule has 6 heteroatoms. The largest absolute Gasteiger partial charge is 0.339 e. The van der Waals surface area contributed by atoms with E-state index in [1.54, 1.807) is 11.8 Å². The number of nitrogens with one attached hydrogen (secondary N) is 2. The van der Waals surface area contributed by atoms with Crippen molar-refractivity contribution in [3.63, 3.8) is 0 Å². The molecule has 0 saturated heterocycles. The Labute approximate surface area is 177 Å². The molecule has 2 aromatic carbocycles. The number of hydrogen-bond donors (Lipinski definition) is 3. The molecule has 0 radical (unpaired) electrons. The van der Waals surface area contributed by atoms with E-state index in [0.717, 1.165) is 29.1 Å². The van der Waals surface area contributed by atoms with Crippen molar-refractivity contribution in [2.24, 2.45) is 0 Å². The van der Waals surface area contributed by atoms with E-state index in [4.69, 9.17) is 0 Å². The number of quaternary nitrogens is 1. The maximum Gasteiger partial charge on any atom is 0.279 e. The summed E-state index contributed by atoms with van der Waals surface area (Å²) < 4.78 is 0. The van der Waals surface area contributed by atoms with Crippen molar-refractivity contribution in [1.29, 1.82) is 0 Å². The maximum absolute atomic E-state index is 12.9. The van der Waals surface area contributed by atoms with Crippen molar-refractivity contribution in [3.05, 3.63) is 64.7 Å². The highest BCUT2D eigenvalue weighted by atomic mass is 32.2. The molecule has 29 heavy (non-hydrogen) atoms. The summed E-state index contributed by atoms with van der Waals surface area (Å²) in [6.07, 6.45) is 3.30. The number of thioether (sulfide) groups is 1. The van der Waals surface area contributed by atoms with Crippen LogP contribution >= 0.6 is 11.8 Å². The van der Waals surface area contributed by atoms with E-state index in [1.807, 2.05) is 50.4 Å². The number of rotatable bonds is 7. The van der Waals surface area contributed by atoms with E-state index in [0.29, 0.717) is 12.8 Å². The molecule has 1 aliphatic heterocycles. The van der Waals surface area contributed by atoms with Crippen molar-refractivity contribution in [2.45, 2.75) is 45.3 Å². The molecule has 2 amide bonds. The number of benzene rings is 2. The van der Waals surface area contributed by atoms with Crippen LogP contribution in [0.4, 0.5) is 5.69 Å². The number of carbonyl (C=O) groups excluding carboxylic acids is 2. The smallest absolute Gasteiger partial charge is 0.279 e. The molecule has 0 spiro atoms. The van der Waals surface area contributed by atoms with Crippen molar-refractivity contribution >= 4 is 29.3 Å². The summed E-state index contributed by atoms with van der Waals surface area (Å²) in [5.74, 6) is 0.583. The molecule has 2 atom stereocenters. The SMILES string of the molecule is CSCC[C@H](NC(=O)[C@@H]1Cc2ccccc2C[NH2+]1)C(=O)Nc1ccc(C)cc1C. The Bertz CT molecular complexity index is 884. The summed E-state index contributed by atoms with van der Waals surface area (Å²) >= 11 is 1.67. The lowest BCUT2D eigenvalue weighted by Crippen LogP contribution is -2.93. The van der Waals surface area contributed by atoms with Crippen LogP contribution in [-0.2, 0) is 22.6 Å². The Hall–Kier alpha value is -2.31. The van der Waals surface area contributed by atoms with Crippen LogP contribution in [0.3, 0.4) is 0 Å². The van der Waals surface area contributed by atoms with Crippen LogP contribution in [0, 0.1) is 13.8 Å². The molecule has 1 heterocycles. The molecule has 154 valence electrons. The van der Waals surface area contributed by atoms with E-state index >= 15 is 0 Å². The second-order valence-electron chi connectivity index (χ2n) is 7.67. The summed E-state index contributed by atoms with van der Waals surface area (Å²) in [5, 5.41) is 8.07. The van der Waals surface area contributed by atoms with E-state index < -0.39 is 6.04 Å². The first-order valence-electron chi connectivity index (χ1n) is 10.1. The number of nitrogens with two attached hydrogens (primary N) is 1. The Kier molecular flexibility index (Phi) is 7.34. The molecule has 1 aliphatic rings. The van der Waals surface area contributed by atoms with Gasteiger partial charge in [-0.15, -0.1) is 0 Å². The van der Waals surface area contributed by atoms with Gasteiger partial charge in [0.1, 0.15) is 12.6 Å². The standard InChI is InChI=1S/C23H29N3O2S/c1-15-8-9-19(16(2)12-15)25-22(27)20(10-11-29-3)26-23(28)21-13-17-6-4-5-7-18(17)14-24-21/h4-9,12,20-21,24H,10-11,13-14H2,1-3H3,(H,25,27)(H,26,28)/p+1/t20-,21-/m0/s1. The second-order valence-corrected chi connectivity index (χ2v) is 8.66. The molecule has 3 rings (SSSR count). The lowest BCUT2D eigenvalue weighted by molar-refractivity contribution is -0.695. The Balaban J connectivity index is 1.66. The lowest BCUT2D eigenvalue weighted by Gasteiger charge is -2.25. The van der Waals surface area contributed by atoms with Crippen molar-refractivity contribution in [2.75, 3.05) is 17.3 Å². The van der Waals surface area contributed by atoms with Gasteiger partial charge in [0.05, 0.1) is 0 Å². The Morgan fingerprint density at radius 2 is 1.93 bits per heavy atom. The number of amides is 2. The average Bonchev–Trinajstić information content (AvgIpc) is 2.72. The van der Waals surface area contributed by atoms with E-state index in [9.17, 15) is 9.59 Å². The van der Waals surface area contributed by atoms with Crippen LogP contribution in [0.2, 0.25) is 0 Å². The van der Waals surface area contributed by atoms with Crippen LogP contribution in [0.25, 0.3) is 0 Å². The van der Waals surface area contributed by atoms with Gasteiger partial charge in [-0.2, -0.15) is 11.8 Å². The zero-order chi connectivity index (χ0) is 20.8. The van der Waals surface area contributed by atoms with Gasteiger partial charge in [-0.1, -0.05) is 42.0 Å². The highest BCUT2D eigenvalue weighted by Crippen LogP contribution is 2.17. The Morgan fingerprint density at radius 1 is 1.17 bits per heavy atom. The van der Waals surface area contributed by atoms with Gasteiger partial charge in [-0.25, -0.2) is 0 Å². The minimum absolute atomic E-state index is 0.0682. The third-order valence-corrected chi connectivity index (χ3v) is 6.04. The molecule has 0 aromatic heterocycles.